The maximum atomic E-state index is 12.9. The van der Waals surface area contributed by atoms with Crippen LogP contribution >= 0.6 is 0 Å². The van der Waals surface area contributed by atoms with Crippen LogP contribution in [0.3, 0.4) is 0 Å². The number of hydrogen-bond acceptors (Lipinski definition) is 1. The summed E-state index contributed by atoms with van der Waals surface area (Å²) < 4.78 is 61.9. The van der Waals surface area contributed by atoms with Crippen molar-refractivity contribution in [3.63, 3.8) is 0 Å². The molecule has 0 aromatic heterocycles. The molecule has 0 bridgehead atoms. The molecule has 1 nitrogen and oxygen atoms in total. The van der Waals surface area contributed by atoms with Gasteiger partial charge in [0.05, 0.1) is 0 Å². The Labute approximate surface area is 94.7 Å². The summed E-state index contributed by atoms with van der Waals surface area (Å²) in [4.78, 5) is 0. The number of rotatable bonds is 3. The van der Waals surface area contributed by atoms with Crippen LogP contribution in [-0.4, -0.2) is 12.1 Å². The van der Waals surface area contributed by atoms with Gasteiger partial charge < -0.3 is 5.73 Å². The summed E-state index contributed by atoms with van der Waals surface area (Å²) >= 11 is 0. The lowest BCUT2D eigenvalue weighted by molar-refractivity contribution is -0.281. The molecule has 0 saturated carbocycles. The number of hydrogen-bond donors (Lipinski definition) is 1. The topological polar surface area (TPSA) is 26.0 Å². The van der Waals surface area contributed by atoms with Crippen molar-refractivity contribution in [1.29, 1.82) is 0 Å². The third-order valence-corrected chi connectivity index (χ3v) is 2.19. The van der Waals surface area contributed by atoms with Crippen LogP contribution in [-0.2, 0) is 6.42 Å². The van der Waals surface area contributed by atoms with Crippen molar-refractivity contribution in [2.75, 3.05) is 0 Å². The molecule has 0 spiro atoms. The maximum absolute atomic E-state index is 12.9. The van der Waals surface area contributed by atoms with Crippen molar-refractivity contribution in [3.8, 4) is 0 Å². The van der Waals surface area contributed by atoms with E-state index in [1.165, 1.54) is 24.3 Å². The Balaban J connectivity index is 3.08. The zero-order valence-corrected chi connectivity index (χ0v) is 8.69. The van der Waals surface area contributed by atoms with Crippen molar-refractivity contribution in [2.45, 2.75) is 18.5 Å². The van der Waals surface area contributed by atoms with Gasteiger partial charge in [0.1, 0.15) is 0 Å². The SMILES string of the molecule is C=C(N)c1ccccc1CC(F)(F)C(F)(F)F. The second kappa shape index (κ2) is 4.35. The smallest absolute Gasteiger partial charge is 0.399 e. The zero-order valence-electron chi connectivity index (χ0n) is 8.69. The van der Waals surface area contributed by atoms with Crippen LogP contribution in [0.15, 0.2) is 30.8 Å². The molecule has 1 rings (SSSR count). The van der Waals surface area contributed by atoms with Gasteiger partial charge in [-0.2, -0.15) is 22.0 Å². The van der Waals surface area contributed by atoms with E-state index in [0.29, 0.717) is 0 Å². The number of benzene rings is 1. The first kappa shape index (κ1) is 13.5. The summed E-state index contributed by atoms with van der Waals surface area (Å²) in [6, 6.07) is 5.38. The first-order chi connectivity index (χ1) is 7.65. The predicted octanol–water partition coefficient (Wildman–Crippen LogP) is 3.36. The Kier molecular flexibility index (Phi) is 3.45. The molecule has 0 radical (unpaired) electrons. The van der Waals surface area contributed by atoms with E-state index in [2.05, 4.69) is 6.58 Å². The van der Waals surface area contributed by atoms with Crippen LogP contribution in [0.1, 0.15) is 11.1 Å². The summed E-state index contributed by atoms with van der Waals surface area (Å²) in [5.74, 6) is -4.78. The lowest BCUT2D eigenvalue weighted by Crippen LogP contribution is -2.38. The van der Waals surface area contributed by atoms with E-state index in [4.69, 9.17) is 5.73 Å². The lowest BCUT2D eigenvalue weighted by atomic mass is 9.99. The predicted molar refractivity (Wildman–Crippen MR) is 54.4 cm³/mol. The molecule has 0 saturated heterocycles. The summed E-state index contributed by atoms with van der Waals surface area (Å²) in [5, 5.41) is 0. The van der Waals surface area contributed by atoms with Gasteiger partial charge in [-0.15, -0.1) is 0 Å². The molecular weight excluding hydrogens is 241 g/mol. The van der Waals surface area contributed by atoms with Crippen LogP contribution < -0.4 is 5.73 Å². The first-order valence-electron chi connectivity index (χ1n) is 4.62. The fourth-order valence-corrected chi connectivity index (χ4v) is 1.33. The first-order valence-corrected chi connectivity index (χ1v) is 4.62. The van der Waals surface area contributed by atoms with Gasteiger partial charge in [-0.05, 0) is 5.56 Å². The fraction of sp³-hybridized carbons (Fsp3) is 0.273. The third-order valence-electron chi connectivity index (χ3n) is 2.19. The van der Waals surface area contributed by atoms with E-state index in [1.54, 1.807) is 0 Å². The molecule has 0 aliphatic heterocycles. The maximum Gasteiger partial charge on any atom is 0.453 e. The molecule has 0 heterocycles. The monoisotopic (exact) mass is 251 g/mol. The van der Waals surface area contributed by atoms with E-state index in [-0.39, 0.29) is 16.8 Å². The molecule has 0 unspecified atom stereocenters. The summed E-state index contributed by atoms with van der Waals surface area (Å²) in [7, 11) is 0. The summed E-state index contributed by atoms with van der Waals surface area (Å²) in [5.41, 5.74) is 5.21. The van der Waals surface area contributed by atoms with Gasteiger partial charge in [0.15, 0.2) is 0 Å². The van der Waals surface area contributed by atoms with Gasteiger partial charge in [-0.3, -0.25) is 0 Å². The Hall–Kier alpha value is -1.59. The van der Waals surface area contributed by atoms with Gasteiger partial charge in [0.25, 0.3) is 0 Å². The van der Waals surface area contributed by atoms with Crippen LogP contribution in [0.25, 0.3) is 5.70 Å². The van der Waals surface area contributed by atoms with Crippen molar-refractivity contribution in [2.24, 2.45) is 5.73 Å². The minimum Gasteiger partial charge on any atom is -0.399 e. The van der Waals surface area contributed by atoms with E-state index < -0.39 is 18.5 Å². The number of alkyl halides is 5. The molecule has 0 amide bonds. The van der Waals surface area contributed by atoms with Crippen LogP contribution in [0, 0.1) is 0 Å². The molecule has 1 aromatic rings. The minimum absolute atomic E-state index is 0.0430. The van der Waals surface area contributed by atoms with E-state index in [1.807, 2.05) is 0 Å². The van der Waals surface area contributed by atoms with Crippen molar-refractivity contribution < 1.29 is 22.0 Å². The van der Waals surface area contributed by atoms with Crippen LogP contribution in [0.2, 0.25) is 0 Å². The quantitative estimate of drug-likeness (QED) is 0.819. The van der Waals surface area contributed by atoms with Crippen LogP contribution in [0.4, 0.5) is 22.0 Å². The third kappa shape index (κ3) is 2.95. The summed E-state index contributed by atoms with van der Waals surface area (Å²) in [6.07, 6.45) is -7.01. The molecule has 6 heteroatoms. The molecule has 0 atom stereocenters. The lowest BCUT2D eigenvalue weighted by Gasteiger charge is -2.20. The molecule has 17 heavy (non-hydrogen) atoms. The normalized spacial score (nSPS) is 12.5. The standard InChI is InChI=1S/C11H10F5N/c1-7(17)9-5-3-2-4-8(9)6-10(12,13)11(14,15)16/h2-5H,1,6,17H2. The largest absolute Gasteiger partial charge is 0.453 e. The van der Waals surface area contributed by atoms with Gasteiger partial charge in [0.2, 0.25) is 0 Å². The van der Waals surface area contributed by atoms with Gasteiger partial charge >= 0.3 is 12.1 Å². The highest BCUT2D eigenvalue weighted by molar-refractivity contribution is 5.63. The molecule has 0 aliphatic rings. The second-order valence-corrected chi connectivity index (χ2v) is 3.56. The Morgan fingerprint density at radius 1 is 1.12 bits per heavy atom. The molecule has 1 aromatic carbocycles. The Morgan fingerprint density at radius 2 is 1.65 bits per heavy atom. The Bertz CT molecular complexity index is 422. The average molecular weight is 251 g/mol. The minimum atomic E-state index is -5.57. The molecule has 94 valence electrons. The van der Waals surface area contributed by atoms with E-state index in [9.17, 15) is 22.0 Å². The van der Waals surface area contributed by atoms with Crippen molar-refractivity contribution in [1.82, 2.24) is 0 Å². The average Bonchev–Trinajstić information content (AvgIpc) is 2.15. The van der Waals surface area contributed by atoms with Crippen molar-refractivity contribution in [3.05, 3.63) is 42.0 Å². The van der Waals surface area contributed by atoms with E-state index in [0.717, 1.165) is 0 Å². The number of nitrogens with two attached hydrogens (primary N) is 1. The van der Waals surface area contributed by atoms with E-state index >= 15 is 0 Å². The fourth-order valence-electron chi connectivity index (χ4n) is 1.33. The molecule has 2 N–H and O–H groups in total. The second-order valence-electron chi connectivity index (χ2n) is 3.56. The molecule has 0 aliphatic carbocycles. The Morgan fingerprint density at radius 3 is 2.12 bits per heavy atom. The van der Waals surface area contributed by atoms with Crippen LogP contribution in [0.5, 0.6) is 0 Å². The summed E-state index contributed by atoms with van der Waals surface area (Å²) in [6.45, 7) is 3.33. The van der Waals surface area contributed by atoms with Gasteiger partial charge in [0, 0.05) is 17.7 Å². The zero-order chi connectivity index (χ0) is 13.3. The highest BCUT2D eigenvalue weighted by Gasteiger charge is 2.57. The highest BCUT2D eigenvalue weighted by atomic mass is 19.4. The molecular formula is C11H10F5N. The molecule has 0 fully saturated rings. The van der Waals surface area contributed by atoms with Gasteiger partial charge in [-0.1, -0.05) is 30.8 Å². The highest BCUT2D eigenvalue weighted by Crippen LogP contribution is 2.38. The van der Waals surface area contributed by atoms with Crippen molar-refractivity contribution >= 4 is 5.70 Å². The number of halogens is 5. The van der Waals surface area contributed by atoms with Gasteiger partial charge in [-0.25, -0.2) is 0 Å².